The molecule has 0 atom stereocenters. The van der Waals surface area contributed by atoms with E-state index in [9.17, 15) is 9.59 Å². The van der Waals surface area contributed by atoms with Gasteiger partial charge in [0.25, 0.3) is 5.56 Å². The summed E-state index contributed by atoms with van der Waals surface area (Å²) >= 11 is 1.93. The molecule has 0 aliphatic rings. The molecule has 0 fully saturated rings. The first-order valence-electron chi connectivity index (χ1n) is 5.37. The standard InChI is InChI=1S/C10H12IN5O2/c1-3-15-4-7(11)9(17)16(10(15)18)5-8-12-6-13-14(8)2/h4,6H,3,5H2,1-2H3. The number of nitrogens with zero attached hydrogens (tertiary/aromatic N) is 5. The Morgan fingerprint density at radius 1 is 1.39 bits per heavy atom. The van der Waals surface area contributed by atoms with Crippen molar-refractivity contribution in [1.82, 2.24) is 23.9 Å². The molecule has 2 heterocycles. The predicted octanol–water partition coefficient (Wildman–Crippen LogP) is -0.189. The summed E-state index contributed by atoms with van der Waals surface area (Å²) in [4.78, 5) is 28.1. The molecule has 0 aliphatic carbocycles. The van der Waals surface area contributed by atoms with Crippen molar-refractivity contribution >= 4 is 22.6 Å². The van der Waals surface area contributed by atoms with Gasteiger partial charge in [0.05, 0.1) is 10.1 Å². The average Bonchev–Trinajstić information content (AvgIpc) is 2.75. The van der Waals surface area contributed by atoms with Crippen LogP contribution in [0.4, 0.5) is 0 Å². The van der Waals surface area contributed by atoms with Crippen molar-refractivity contribution in [3.63, 3.8) is 0 Å². The minimum atomic E-state index is -0.328. The number of aryl methyl sites for hydroxylation is 2. The monoisotopic (exact) mass is 361 g/mol. The van der Waals surface area contributed by atoms with Crippen LogP contribution < -0.4 is 11.2 Å². The Bertz CT molecular complexity index is 684. The number of aromatic nitrogens is 5. The molecule has 18 heavy (non-hydrogen) atoms. The Morgan fingerprint density at radius 3 is 2.67 bits per heavy atom. The molecule has 8 heteroatoms. The summed E-state index contributed by atoms with van der Waals surface area (Å²) in [7, 11) is 1.72. The molecule has 0 aromatic carbocycles. The second kappa shape index (κ2) is 5.04. The van der Waals surface area contributed by atoms with Crippen molar-refractivity contribution in [2.45, 2.75) is 20.0 Å². The van der Waals surface area contributed by atoms with Crippen LogP contribution in [0.2, 0.25) is 0 Å². The van der Waals surface area contributed by atoms with Gasteiger partial charge in [-0.05, 0) is 29.5 Å². The van der Waals surface area contributed by atoms with E-state index in [1.165, 1.54) is 15.5 Å². The highest BCUT2D eigenvalue weighted by Crippen LogP contribution is 1.97. The van der Waals surface area contributed by atoms with Crippen LogP contribution in [-0.4, -0.2) is 23.9 Å². The van der Waals surface area contributed by atoms with Gasteiger partial charge >= 0.3 is 5.69 Å². The SMILES string of the molecule is CCn1cc(I)c(=O)n(Cc2ncnn2C)c1=O. The molecule has 2 aromatic heterocycles. The Labute approximate surface area is 116 Å². The summed E-state index contributed by atoms with van der Waals surface area (Å²) < 4.78 is 4.73. The minimum Gasteiger partial charge on any atom is -0.300 e. The highest BCUT2D eigenvalue weighted by molar-refractivity contribution is 14.1. The highest BCUT2D eigenvalue weighted by atomic mass is 127. The summed E-state index contributed by atoms with van der Waals surface area (Å²) in [6.07, 6.45) is 2.96. The maximum Gasteiger partial charge on any atom is 0.331 e. The molecular formula is C10H12IN5O2. The van der Waals surface area contributed by atoms with Gasteiger partial charge in [-0.25, -0.2) is 9.78 Å². The smallest absolute Gasteiger partial charge is 0.300 e. The topological polar surface area (TPSA) is 74.7 Å². The number of hydrogen-bond donors (Lipinski definition) is 0. The van der Waals surface area contributed by atoms with E-state index < -0.39 is 0 Å². The quantitative estimate of drug-likeness (QED) is 0.711. The predicted molar refractivity (Wildman–Crippen MR) is 73.5 cm³/mol. The van der Waals surface area contributed by atoms with E-state index in [0.717, 1.165) is 0 Å². The molecule has 0 bridgehead atoms. The Morgan fingerprint density at radius 2 is 2.11 bits per heavy atom. The van der Waals surface area contributed by atoms with Crippen LogP contribution in [0.25, 0.3) is 0 Å². The maximum absolute atomic E-state index is 12.1. The molecule has 0 radical (unpaired) electrons. The van der Waals surface area contributed by atoms with E-state index in [0.29, 0.717) is 15.9 Å². The molecule has 0 saturated carbocycles. The highest BCUT2D eigenvalue weighted by Gasteiger charge is 2.11. The van der Waals surface area contributed by atoms with Crippen molar-refractivity contribution in [1.29, 1.82) is 0 Å². The first-order chi connectivity index (χ1) is 8.54. The summed E-state index contributed by atoms with van der Waals surface area (Å²) in [5.41, 5.74) is -0.626. The van der Waals surface area contributed by atoms with Gasteiger partial charge in [-0.3, -0.25) is 18.6 Å². The van der Waals surface area contributed by atoms with Crippen molar-refractivity contribution in [3.8, 4) is 0 Å². The lowest BCUT2D eigenvalue weighted by Crippen LogP contribution is -2.41. The number of hydrogen-bond acceptors (Lipinski definition) is 4. The van der Waals surface area contributed by atoms with Crippen LogP contribution >= 0.6 is 22.6 Å². The van der Waals surface area contributed by atoms with E-state index in [2.05, 4.69) is 10.1 Å². The first kappa shape index (κ1) is 13.0. The van der Waals surface area contributed by atoms with Crippen LogP contribution in [0, 0.1) is 3.57 Å². The Kier molecular flexibility index (Phi) is 3.64. The van der Waals surface area contributed by atoms with E-state index in [1.807, 2.05) is 29.5 Å². The second-order valence-corrected chi connectivity index (χ2v) is 4.90. The summed E-state index contributed by atoms with van der Waals surface area (Å²) in [5.74, 6) is 0.568. The number of halogens is 1. The Balaban J connectivity index is 2.57. The fourth-order valence-corrected chi connectivity index (χ4v) is 2.22. The van der Waals surface area contributed by atoms with Gasteiger partial charge in [0, 0.05) is 19.8 Å². The van der Waals surface area contributed by atoms with Crippen LogP contribution in [0.1, 0.15) is 12.7 Å². The minimum absolute atomic E-state index is 0.130. The largest absolute Gasteiger partial charge is 0.331 e. The van der Waals surface area contributed by atoms with Gasteiger partial charge in [0.15, 0.2) is 0 Å². The van der Waals surface area contributed by atoms with Crippen LogP contribution in [0.5, 0.6) is 0 Å². The molecule has 96 valence electrons. The van der Waals surface area contributed by atoms with Gasteiger partial charge in [-0.1, -0.05) is 0 Å². The van der Waals surface area contributed by atoms with E-state index >= 15 is 0 Å². The summed E-state index contributed by atoms with van der Waals surface area (Å²) in [6.45, 7) is 2.51. The average molecular weight is 361 g/mol. The van der Waals surface area contributed by atoms with Gasteiger partial charge < -0.3 is 0 Å². The lowest BCUT2D eigenvalue weighted by molar-refractivity contribution is 0.565. The van der Waals surface area contributed by atoms with Crippen molar-refractivity contribution in [2.24, 2.45) is 7.05 Å². The number of rotatable bonds is 3. The third-order valence-corrected chi connectivity index (χ3v) is 3.38. The molecule has 0 aliphatic heterocycles. The fraction of sp³-hybridized carbons (Fsp3) is 0.400. The van der Waals surface area contributed by atoms with E-state index in [-0.39, 0.29) is 17.8 Å². The lowest BCUT2D eigenvalue weighted by atomic mass is 10.5. The third kappa shape index (κ3) is 2.24. The van der Waals surface area contributed by atoms with Crippen LogP contribution in [0.3, 0.4) is 0 Å². The second-order valence-electron chi connectivity index (χ2n) is 3.74. The molecule has 0 spiro atoms. The molecule has 7 nitrogen and oxygen atoms in total. The van der Waals surface area contributed by atoms with Crippen molar-refractivity contribution < 1.29 is 0 Å². The zero-order valence-corrected chi connectivity index (χ0v) is 12.2. The Hall–Kier alpha value is -1.45. The van der Waals surface area contributed by atoms with Crippen molar-refractivity contribution in [2.75, 3.05) is 0 Å². The zero-order valence-electron chi connectivity index (χ0n) is 10.00. The maximum atomic E-state index is 12.1. The molecule has 0 unspecified atom stereocenters. The van der Waals surface area contributed by atoms with E-state index in [4.69, 9.17) is 0 Å². The molecule has 2 aromatic rings. The summed E-state index contributed by atoms with van der Waals surface area (Å²) in [6, 6.07) is 0. The van der Waals surface area contributed by atoms with Gasteiger partial charge in [0.2, 0.25) is 0 Å². The lowest BCUT2D eigenvalue weighted by Gasteiger charge is -2.08. The van der Waals surface area contributed by atoms with Crippen LogP contribution in [0.15, 0.2) is 22.1 Å². The van der Waals surface area contributed by atoms with Gasteiger partial charge in [0.1, 0.15) is 12.2 Å². The normalized spacial score (nSPS) is 10.8. The molecular weight excluding hydrogens is 349 g/mol. The molecule has 2 rings (SSSR count). The summed E-state index contributed by atoms with van der Waals surface area (Å²) in [5, 5.41) is 3.92. The first-order valence-corrected chi connectivity index (χ1v) is 6.45. The van der Waals surface area contributed by atoms with E-state index in [1.54, 1.807) is 17.9 Å². The molecule has 0 amide bonds. The van der Waals surface area contributed by atoms with Crippen LogP contribution in [-0.2, 0) is 20.1 Å². The zero-order chi connectivity index (χ0) is 13.3. The fourth-order valence-electron chi connectivity index (χ4n) is 1.59. The molecule has 0 saturated heterocycles. The van der Waals surface area contributed by atoms with Gasteiger partial charge in [-0.2, -0.15) is 5.10 Å². The van der Waals surface area contributed by atoms with Crippen molar-refractivity contribution in [3.05, 3.63) is 42.8 Å². The molecule has 0 N–H and O–H groups in total. The third-order valence-electron chi connectivity index (χ3n) is 2.64. The van der Waals surface area contributed by atoms with Gasteiger partial charge in [-0.15, -0.1) is 0 Å².